The second kappa shape index (κ2) is 6.78. The third kappa shape index (κ3) is 4.34. The molecule has 0 heterocycles. The SMILES string of the molecule is CC(=O)Nc1ccc(NC(=O)c2ccc(Br)cc2S)cc1. The molecule has 2 N–H and O–H groups in total. The molecule has 0 aromatic heterocycles. The number of carbonyl (C=O) groups excluding carboxylic acids is 2. The average molecular weight is 365 g/mol. The highest BCUT2D eigenvalue weighted by Crippen LogP contribution is 2.21. The van der Waals surface area contributed by atoms with E-state index in [0.717, 1.165) is 4.47 Å². The molecule has 108 valence electrons. The number of carbonyl (C=O) groups is 2. The Bertz CT molecular complexity index is 687. The van der Waals surface area contributed by atoms with Gasteiger partial charge in [-0.2, -0.15) is 0 Å². The van der Waals surface area contributed by atoms with Crippen LogP contribution in [0.2, 0.25) is 0 Å². The van der Waals surface area contributed by atoms with Gasteiger partial charge in [-0.25, -0.2) is 0 Å². The maximum atomic E-state index is 12.2. The minimum atomic E-state index is -0.236. The predicted octanol–water partition coefficient (Wildman–Crippen LogP) is 3.95. The van der Waals surface area contributed by atoms with Crippen LogP contribution in [0.25, 0.3) is 0 Å². The van der Waals surface area contributed by atoms with Gasteiger partial charge in [-0.3, -0.25) is 9.59 Å². The highest BCUT2D eigenvalue weighted by atomic mass is 79.9. The number of benzene rings is 2. The summed E-state index contributed by atoms with van der Waals surface area (Å²) < 4.78 is 0.865. The van der Waals surface area contributed by atoms with Gasteiger partial charge in [-0.15, -0.1) is 12.6 Å². The van der Waals surface area contributed by atoms with Crippen LogP contribution in [-0.2, 0) is 4.79 Å². The summed E-state index contributed by atoms with van der Waals surface area (Å²) in [5, 5.41) is 5.45. The van der Waals surface area contributed by atoms with Gasteiger partial charge in [0.25, 0.3) is 5.91 Å². The van der Waals surface area contributed by atoms with Crippen molar-refractivity contribution in [2.24, 2.45) is 0 Å². The summed E-state index contributed by atoms with van der Waals surface area (Å²) in [4.78, 5) is 23.7. The number of hydrogen-bond donors (Lipinski definition) is 3. The van der Waals surface area contributed by atoms with E-state index in [1.807, 2.05) is 0 Å². The summed E-state index contributed by atoms with van der Waals surface area (Å²) in [6, 6.07) is 12.1. The van der Waals surface area contributed by atoms with Crippen molar-refractivity contribution in [1.29, 1.82) is 0 Å². The number of rotatable bonds is 3. The lowest BCUT2D eigenvalue weighted by molar-refractivity contribution is -0.114. The number of amides is 2. The molecule has 0 spiro atoms. The summed E-state index contributed by atoms with van der Waals surface area (Å²) in [6.07, 6.45) is 0. The van der Waals surface area contributed by atoms with Gasteiger partial charge in [0.2, 0.25) is 5.91 Å². The molecule has 0 saturated heterocycles. The Kier molecular flexibility index (Phi) is 5.03. The normalized spacial score (nSPS) is 10.0. The van der Waals surface area contributed by atoms with Crippen LogP contribution in [-0.4, -0.2) is 11.8 Å². The van der Waals surface area contributed by atoms with Crippen LogP contribution in [0.5, 0.6) is 0 Å². The maximum absolute atomic E-state index is 12.2. The number of nitrogens with one attached hydrogen (secondary N) is 2. The van der Waals surface area contributed by atoms with Crippen molar-refractivity contribution in [2.75, 3.05) is 10.6 Å². The minimum absolute atomic E-state index is 0.138. The third-order valence-electron chi connectivity index (χ3n) is 2.67. The molecule has 2 aromatic carbocycles. The molecule has 2 aromatic rings. The molecule has 0 unspecified atom stereocenters. The van der Waals surface area contributed by atoms with Gasteiger partial charge in [0.15, 0.2) is 0 Å². The lowest BCUT2D eigenvalue weighted by Crippen LogP contribution is -2.12. The fraction of sp³-hybridized carbons (Fsp3) is 0.0667. The summed E-state index contributed by atoms with van der Waals surface area (Å²) in [5.74, 6) is -0.374. The zero-order chi connectivity index (χ0) is 15.4. The molecule has 4 nitrogen and oxygen atoms in total. The van der Waals surface area contributed by atoms with Crippen molar-refractivity contribution >= 4 is 51.7 Å². The Balaban J connectivity index is 2.10. The van der Waals surface area contributed by atoms with E-state index in [1.165, 1.54) is 6.92 Å². The molecule has 0 radical (unpaired) electrons. The lowest BCUT2D eigenvalue weighted by Gasteiger charge is -2.08. The van der Waals surface area contributed by atoms with Gasteiger partial charge >= 0.3 is 0 Å². The third-order valence-corrected chi connectivity index (χ3v) is 3.53. The smallest absolute Gasteiger partial charge is 0.256 e. The highest BCUT2D eigenvalue weighted by molar-refractivity contribution is 9.10. The van der Waals surface area contributed by atoms with Crippen molar-refractivity contribution in [3.05, 3.63) is 52.5 Å². The van der Waals surface area contributed by atoms with Gasteiger partial charge in [-0.05, 0) is 42.5 Å². The Hall–Kier alpha value is -1.79. The fourth-order valence-electron chi connectivity index (χ4n) is 1.74. The van der Waals surface area contributed by atoms with Crippen molar-refractivity contribution in [3.8, 4) is 0 Å². The number of hydrogen-bond acceptors (Lipinski definition) is 3. The first kappa shape index (κ1) is 15.6. The van der Waals surface area contributed by atoms with E-state index in [0.29, 0.717) is 21.8 Å². The van der Waals surface area contributed by atoms with Crippen LogP contribution >= 0.6 is 28.6 Å². The molecule has 0 fully saturated rings. The van der Waals surface area contributed by atoms with E-state index in [9.17, 15) is 9.59 Å². The first-order chi connectivity index (χ1) is 9.95. The van der Waals surface area contributed by atoms with Crippen molar-refractivity contribution in [3.63, 3.8) is 0 Å². The Labute approximate surface area is 136 Å². The van der Waals surface area contributed by atoms with E-state index in [-0.39, 0.29) is 11.8 Å². The number of thiol groups is 1. The molecule has 2 amide bonds. The monoisotopic (exact) mass is 364 g/mol. The molecule has 2 rings (SSSR count). The van der Waals surface area contributed by atoms with Crippen LogP contribution < -0.4 is 10.6 Å². The summed E-state index contributed by atoms with van der Waals surface area (Å²) in [7, 11) is 0. The molecule has 0 aliphatic rings. The van der Waals surface area contributed by atoms with E-state index in [4.69, 9.17) is 0 Å². The predicted molar refractivity (Wildman–Crippen MR) is 90.1 cm³/mol. The van der Waals surface area contributed by atoms with Gasteiger partial charge < -0.3 is 10.6 Å². The molecule has 0 saturated carbocycles. The average Bonchev–Trinajstić information content (AvgIpc) is 2.40. The fourth-order valence-corrected chi connectivity index (χ4v) is 2.59. The second-order valence-electron chi connectivity index (χ2n) is 4.37. The summed E-state index contributed by atoms with van der Waals surface area (Å²) in [5.41, 5.74) is 1.82. The largest absolute Gasteiger partial charge is 0.326 e. The van der Waals surface area contributed by atoms with E-state index >= 15 is 0 Å². The standard InChI is InChI=1S/C15H13BrN2O2S/c1-9(19)17-11-3-5-12(6-4-11)18-15(20)13-7-2-10(16)8-14(13)21/h2-8,21H,1H3,(H,17,19)(H,18,20). The van der Waals surface area contributed by atoms with Crippen molar-refractivity contribution < 1.29 is 9.59 Å². The Morgan fingerprint density at radius 2 is 1.57 bits per heavy atom. The van der Waals surface area contributed by atoms with Crippen LogP contribution in [0, 0.1) is 0 Å². The van der Waals surface area contributed by atoms with E-state index < -0.39 is 0 Å². The minimum Gasteiger partial charge on any atom is -0.326 e. The van der Waals surface area contributed by atoms with Gasteiger partial charge in [-0.1, -0.05) is 15.9 Å². The first-order valence-corrected chi connectivity index (χ1v) is 7.37. The van der Waals surface area contributed by atoms with Gasteiger partial charge in [0.1, 0.15) is 0 Å². The molecule has 21 heavy (non-hydrogen) atoms. The quantitative estimate of drug-likeness (QED) is 0.722. The zero-order valence-electron chi connectivity index (χ0n) is 11.2. The molecular weight excluding hydrogens is 352 g/mol. The molecule has 6 heteroatoms. The van der Waals surface area contributed by atoms with E-state index in [1.54, 1.807) is 42.5 Å². The topological polar surface area (TPSA) is 58.2 Å². The van der Waals surface area contributed by atoms with Crippen LogP contribution in [0.1, 0.15) is 17.3 Å². The second-order valence-corrected chi connectivity index (χ2v) is 5.77. The Morgan fingerprint density at radius 1 is 1.00 bits per heavy atom. The molecule has 0 aliphatic carbocycles. The molecule has 0 atom stereocenters. The first-order valence-electron chi connectivity index (χ1n) is 6.13. The number of halogens is 1. The maximum Gasteiger partial charge on any atom is 0.256 e. The molecular formula is C15H13BrN2O2S. The van der Waals surface area contributed by atoms with Crippen LogP contribution in [0.3, 0.4) is 0 Å². The summed E-state index contributed by atoms with van der Waals surface area (Å²) >= 11 is 7.61. The molecule has 0 aliphatic heterocycles. The number of anilines is 2. The Morgan fingerprint density at radius 3 is 2.10 bits per heavy atom. The highest BCUT2D eigenvalue weighted by Gasteiger charge is 2.10. The van der Waals surface area contributed by atoms with Crippen LogP contribution in [0.4, 0.5) is 11.4 Å². The van der Waals surface area contributed by atoms with Gasteiger partial charge in [0, 0.05) is 27.7 Å². The zero-order valence-corrected chi connectivity index (χ0v) is 13.7. The molecule has 0 bridgehead atoms. The summed E-state index contributed by atoms with van der Waals surface area (Å²) in [6.45, 7) is 1.44. The van der Waals surface area contributed by atoms with Crippen molar-refractivity contribution in [2.45, 2.75) is 11.8 Å². The van der Waals surface area contributed by atoms with E-state index in [2.05, 4.69) is 39.2 Å². The van der Waals surface area contributed by atoms with Crippen LogP contribution in [0.15, 0.2) is 51.8 Å². The lowest BCUT2D eigenvalue weighted by atomic mass is 10.2. The van der Waals surface area contributed by atoms with Crippen molar-refractivity contribution in [1.82, 2.24) is 0 Å². The van der Waals surface area contributed by atoms with Gasteiger partial charge in [0.05, 0.1) is 5.56 Å².